The molecule has 1 heteroatoms. The van der Waals surface area contributed by atoms with Crippen LogP contribution in [0.1, 0.15) is 11.0 Å². The summed E-state index contributed by atoms with van der Waals surface area (Å²) in [5, 5.41) is 7.47. The summed E-state index contributed by atoms with van der Waals surface area (Å²) in [5.41, 5.74) is 4.41. The highest BCUT2D eigenvalue weighted by Gasteiger charge is 2.22. The van der Waals surface area contributed by atoms with Gasteiger partial charge in [-0.05, 0) is 101 Å². The molecule has 0 saturated carbocycles. The zero-order valence-electron chi connectivity index (χ0n) is 33.0. The van der Waals surface area contributed by atoms with Crippen LogP contribution in [0.3, 0.4) is 0 Å². The maximum atomic E-state index is 9.47. The average molecular weight is 605 g/mol. The van der Waals surface area contributed by atoms with Crippen molar-refractivity contribution >= 4 is 43.1 Å². The molecule has 0 N–H and O–H groups in total. The first kappa shape index (κ1) is 19.4. The lowest BCUT2D eigenvalue weighted by Gasteiger charge is -2.23. The highest BCUT2D eigenvalue weighted by molar-refractivity contribution is 6.22. The fourth-order valence-electron chi connectivity index (χ4n) is 7.15. The Kier molecular flexibility index (Phi) is 4.19. The lowest BCUT2D eigenvalue weighted by atomic mass is 9.88. The van der Waals surface area contributed by atoms with E-state index in [4.69, 9.17) is 11.6 Å². The Morgan fingerprint density at radius 3 is 2.06 bits per heavy atom. The van der Waals surface area contributed by atoms with Crippen LogP contribution in [0.2, 0.25) is 0 Å². The summed E-state index contributed by atoms with van der Waals surface area (Å²) in [6.45, 7) is 0. The third-order valence-corrected chi connectivity index (χ3v) is 9.25. The predicted octanol–water partition coefficient (Wildman–Crippen LogP) is 13.1. The largest absolute Gasteiger partial charge is 0.456 e. The second kappa shape index (κ2) is 10.2. The maximum absolute atomic E-state index is 9.47. The molecule has 0 unspecified atom stereocenters. The molecule has 0 spiro atoms. The summed E-state index contributed by atoms with van der Waals surface area (Å²) in [5.74, 6) is 1.14. The van der Waals surface area contributed by atoms with Gasteiger partial charge in [0.05, 0.1) is 11.0 Å². The van der Waals surface area contributed by atoms with Crippen LogP contribution in [0.25, 0.3) is 87.6 Å². The first-order valence-corrected chi connectivity index (χ1v) is 15.5. The second-order valence-corrected chi connectivity index (χ2v) is 11.8. The Labute approximate surface area is 284 Å². The summed E-state index contributed by atoms with van der Waals surface area (Å²) in [6.07, 6.45) is 0. The molecule has 0 amide bonds. The van der Waals surface area contributed by atoms with E-state index in [1.807, 2.05) is 66.7 Å². The molecule has 9 aromatic carbocycles. The summed E-state index contributed by atoms with van der Waals surface area (Å²) in [7, 11) is 0. The van der Waals surface area contributed by atoms with Gasteiger partial charge in [0.2, 0.25) is 0 Å². The second-order valence-electron chi connectivity index (χ2n) is 11.8. The Hall–Kier alpha value is -6.18. The highest BCUT2D eigenvalue weighted by atomic mass is 16.5. The van der Waals surface area contributed by atoms with Gasteiger partial charge >= 0.3 is 0 Å². The molecule has 1 aliphatic rings. The molecule has 0 radical (unpaired) electrons. The van der Waals surface area contributed by atoms with Crippen molar-refractivity contribution < 1.29 is 15.7 Å². The third-order valence-electron chi connectivity index (χ3n) is 9.25. The topological polar surface area (TPSA) is 9.23 Å². The van der Waals surface area contributed by atoms with E-state index < -0.39 is 18.1 Å². The molecule has 0 atom stereocenters. The Bertz CT molecular complexity index is 3140. The van der Waals surface area contributed by atoms with Gasteiger partial charge in [0.1, 0.15) is 11.5 Å². The maximum Gasteiger partial charge on any atom is 0.135 e. The zero-order chi connectivity index (χ0) is 37.9. The van der Waals surface area contributed by atoms with Crippen molar-refractivity contribution in [3.05, 3.63) is 170 Å². The molecule has 0 saturated heterocycles. The van der Waals surface area contributed by atoms with E-state index in [0.29, 0.717) is 39.1 Å². The van der Waals surface area contributed by atoms with E-state index in [1.54, 1.807) is 18.2 Å². The third kappa shape index (κ3) is 4.03. The number of hydrogen-bond donors (Lipinski definition) is 0. The SMILES string of the molecule is [2H]c1cc(-c2c3ccccc3cc3ccc4ccccc4c23)c([2H])c([2H])c1-c1ccc2c(c1)-c1cccc3c(-c4c([2H])c([2H])c([2H])c([2H])c4[2H])ccc(c13)O2. The molecular weight excluding hydrogens is 569 g/mol. The molecule has 9 aromatic rings. The van der Waals surface area contributed by atoms with Crippen LogP contribution < -0.4 is 4.74 Å². The molecule has 0 fully saturated rings. The monoisotopic (exact) mass is 604 g/mol. The molecular formula is C46H28O. The fourth-order valence-corrected chi connectivity index (χ4v) is 7.15. The zero-order valence-corrected chi connectivity index (χ0v) is 25.0. The Morgan fingerprint density at radius 2 is 1.15 bits per heavy atom. The van der Waals surface area contributed by atoms with E-state index in [0.717, 1.165) is 54.4 Å². The van der Waals surface area contributed by atoms with Crippen LogP contribution in [0.15, 0.2) is 170 Å². The summed E-state index contributed by atoms with van der Waals surface area (Å²) >= 11 is 0. The standard InChI is InChI=1S/C46H28O/c1-2-9-30(10-3-1)36-24-26-43-46-39(36)15-8-16-40(46)41-28-33(23-25-42(41)47-43)29-17-20-32(21-18-29)44-38-14-7-5-12-34(38)27-35-22-19-31-11-4-6-13-37(31)45(35)44/h1-28H/i1D,2D,3D,9D,10D,17D,18D,20D. The van der Waals surface area contributed by atoms with Gasteiger partial charge in [-0.25, -0.2) is 0 Å². The van der Waals surface area contributed by atoms with Gasteiger partial charge in [0, 0.05) is 10.9 Å². The van der Waals surface area contributed by atoms with Gasteiger partial charge in [-0.1, -0.05) is 145 Å². The van der Waals surface area contributed by atoms with Gasteiger partial charge in [0.15, 0.2) is 0 Å². The van der Waals surface area contributed by atoms with Gasteiger partial charge in [0.25, 0.3) is 0 Å². The van der Waals surface area contributed by atoms with Crippen molar-refractivity contribution in [1.29, 1.82) is 0 Å². The van der Waals surface area contributed by atoms with Crippen molar-refractivity contribution in [2.24, 2.45) is 0 Å². The number of ether oxygens (including phenoxy) is 1. The Morgan fingerprint density at radius 1 is 0.383 bits per heavy atom. The quantitative estimate of drug-likeness (QED) is 0.144. The molecule has 10 rings (SSSR count). The number of hydrogen-bond acceptors (Lipinski definition) is 1. The van der Waals surface area contributed by atoms with Crippen LogP contribution in [-0.4, -0.2) is 0 Å². The van der Waals surface area contributed by atoms with Gasteiger partial charge in [-0.2, -0.15) is 0 Å². The molecule has 1 heterocycles. The molecule has 1 nitrogen and oxygen atoms in total. The van der Waals surface area contributed by atoms with Crippen molar-refractivity contribution in [2.45, 2.75) is 0 Å². The minimum atomic E-state index is -0.448. The van der Waals surface area contributed by atoms with Crippen LogP contribution >= 0.6 is 0 Å². The van der Waals surface area contributed by atoms with Crippen LogP contribution in [0.5, 0.6) is 11.5 Å². The van der Waals surface area contributed by atoms with E-state index >= 15 is 0 Å². The van der Waals surface area contributed by atoms with Crippen molar-refractivity contribution in [1.82, 2.24) is 0 Å². The molecule has 47 heavy (non-hydrogen) atoms. The van der Waals surface area contributed by atoms with E-state index in [-0.39, 0.29) is 35.8 Å². The molecule has 0 bridgehead atoms. The van der Waals surface area contributed by atoms with Crippen molar-refractivity contribution in [2.75, 3.05) is 0 Å². The smallest absolute Gasteiger partial charge is 0.135 e. The van der Waals surface area contributed by atoms with Gasteiger partial charge in [-0.15, -0.1) is 0 Å². The predicted molar refractivity (Wildman–Crippen MR) is 198 cm³/mol. The van der Waals surface area contributed by atoms with Crippen molar-refractivity contribution in [3.63, 3.8) is 0 Å². The summed E-state index contributed by atoms with van der Waals surface area (Å²) in [6, 6.07) is 37.2. The van der Waals surface area contributed by atoms with E-state index in [2.05, 4.69) is 36.4 Å². The molecule has 1 aliphatic heterocycles. The Balaban J connectivity index is 1.17. The lowest BCUT2D eigenvalue weighted by Crippen LogP contribution is -1.98. The van der Waals surface area contributed by atoms with Gasteiger partial charge < -0.3 is 4.74 Å². The molecule has 0 aromatic heterocycles. The summed E-state index contributed by atoms with van der Waals surface area (Å²) < 4.78 is 76.6. The number of rotatable bonds is 3. The normalized spacial score (nSPS) is 14.4. The molecule has 0 aliphatic carbocycles. The van der Waals surface area contributed by atoms with Crippen LogP contribution in [0, 0.1) is 0 Å². The number of benzene rings is 9. The lowest BCUT2D eigenvalue weighted by molar-refractivity contribution is 0.487. The average Bonchev–Trinajstić information content (AvgIpc) is 3.21. The first-order valence-electron chi connectivity index (χ1n) is 19.5. The van der Waals surface area contributed by atoms with Gasteiger partial charge in [-0.3, -0.25) is 0 Å². The minimum Gasteiger partial charge on any atom is -0.456 e. The minimum absolute atomic E-state index is 0.0290. The highest BCUT2D eigenvalue weighted by Crippen LogP contribution is 2.49. The van der Waals surface area contributed by atoms with Crippen LogP contribution in [-0.2, 0) is 0 Å². The van der Waals surface area contributed by atoms with Crippen LogP contribution in [0.4, 0.5) is 0 Å². The summed E-state index contributed by atoms with van der Waals surface area (Å²) in [4.78, 5) is 0. The first-order chi connectivity index (χ1) is 26.6. The van der Waals surface area contributed by atoms with E-state index in [9.17, 15) is 4.11 Å². The fraction of sp³-hybridized carbons (Fsp3) is 0. The molecule has 218 valence electrons. The van der Waals surface area contributed by atoms with Crippen molar-refractivity contribution in [3.8, 4) is 56.0 Å². The van der Waals surface area contributed by atoms with E-state index in [1.165, 1.54) is 0 Å². The number of fused-ring (bicyclic) bond motifs is 6.